The van der Waals surface area contributed by atoms with Gasteiger partial charge < -0.3 is 14.8 Å². The first kappa shape index (κ1) is 15.8. The van der Waals surface area contributed by atoms with Crippen molar-refractivity contribution in [2.45, 2.75) is 33.2 Å². The number of hydrogen-bond acceptors (Lipinski definition) is 3. The Balaban J connectivity index is 1.88. The van der Waals surface area contributed by atoms with Crippen LogP contribution in [0.1, 0.15) is 30.9 Å². The molecule has 0 spiro atoms. The smallest absolute Gasteiger partial charge is 0.223 e. The van der Waals surface area contributed by atoms with Gasteiger partial charge in [0.15, 0.2) is 0 Å². The van der Waals surface area contributed by atoms with Crippen LogP contribution in [0.15, 0.2) is 18.2 Å². The lowest BCUT2D eigenvalue weighted by Crippen LogP contribution is -2.35. The number of carbonyl (C=O) groups is 1. The van der Waals surface area contributed by atoms with Crippen molar-refractivity contribution in [1.82, 2.24) is 5.32 Å². The van der Waals surface area contributed by atoms with E-state index >= 15 is 0 Å². The minimum Gasteiger partial charge on any atom is -0.497 e. The molecular weight excluding hydrogens is 266 g/mol. The largest absolute Gasteiger partial charge is 0.497 e. The number of rotatable bonds is 5. The summed E-state index contributed by atoms with van der Waals surface area (Å²) in [6, 6.07) is 5.92. The molecule has 0 aromatic heterocycles. The number of ether oxygens (including phenoxy) is 2. The van der Waals surface area contributed by atoms with Crippen molar-refractivity contribution in [2.24, 2.45) is 11.8 Å². The molecule has 4 heteroatoms. The van der Waals surface area contributed by atoms with Crippen molar-refractivity contribution < 1.29 is 14.3 Å². The summed E-state index contributed by atoms with van der Waals surface area (Å²) in [5.41, 5.74) is 2.26. The van der Waals surface area contributed by atoms with Crippen molar-refractivity contribution in [3.8, 4) is 5.75 Å². The number of methoxy groups -OCH3 is 1. The van der Waals surface area contributed by atoms with Crippen LogP contribution in [0.3, 0.4) is 0 Å². The summed E-state index contributed by atoms with van der Waals surface area (Å²) in [5, 5.41) is 3.05. The normalized spacial score (nSPS) is 17.3. The summed E-state index contributed by atoms with van der Waals surface area (Å²) < 4.78 is 10.5. The van der Waals surface area contributed by atoms with Crippen LogP contribution in [0.4, 0.5) is 0 Å². The van der Waals surface area contributed by atoms with Gasteiger partial charge in [0.2, 0.25) is 5.91 Å². The number of aryl methyl sites for hydroxylation is 1. The highest BCUT2D eigenvalue weighted by Crippen LogP contribution is 2.24. The molecule has 1 saturated heterocycles. The molecule has 2 rings (SSSR count). The van der Waals surface area contributed by atoms with Gasteiger partial charge in [-0.2, -0.15) is 0 Å². The second kappa shape index (κ2) is 7.46. The summed E-state index contributed by atoms with van der Waals surface area (Å²) in [7, 11) is 1.66. The zero-order valence-corrected chi connectivity index (χ0v) is 13.1. The van der Waals surface area contributed by atoms with Gasteiger partial charge in [0, 0.05) is 25.7 Å². The van der Waals surface area contributed by atoms with Gasteiger partial charge in [-0.1, -0.05) is 13.0 Å². The second-order valence-electron chi connectivity index (χ2n) is 5.75. The van der Waals surface area contributed by atoms with Gasteiger partial charge in [-0.25, -0.2) is 0 Å². The third-order valence-electron chi connectivity index (χ3n) is 4.39. The Morgan fingerprint density at radius 2 is 2.14 bits per heavy atom. The molecule has 1 atom stereocenters. The summed E-state index contributed by atoms with van der Waals surface area (Å²) >= 11 is 0. The van der Waals surface area contributed by atoms with Gasteiger partial charge in [-0.3, -0.25) is 4.79 Å². The summed E-state index contributed by atoms with van der Waals surface area (Å²) in [5.74, 6) is 1.47. The minimum absolute atomic E-state index is 0.0486. The van der Waals surface area contributed by atoms with Crippen molar-refractivity contribution in [3.05, 3.63) is 29.3 Å². The summed E-state index contributed by atoms with van der Waals surface area (Å²) in [6.45, 7) is 6.18. The second-order valence-corrected chi connectivity index (χ2v) is 5.75. The highest BCUT2D eigenvalue weighted by Gasteiger charge is 2.25. The molecule has 0 radical (unpaired) electrons. The average molecular weight is 291 g/mol. The van der Waals surface area contributed by atoms with Crippen molar-refractivity contribution in [1.29, 1.82) is 0 Å². The molecule has 1 N–H and O–H groups in total. The van der Waals surface area contributed by atoms with Crippen LogP contribution in [0, 0.1) is 18.8 Å². The number of nitrogens with one attached hydrogen (secondary N) is 1. The van der Waals surface area contributed by atoms with Gasteiger partial charge in [0.05, 0.1) is 7.11 Å². The Labute approximate surface area is 126 Å². The van der Waals surface area contributed by atoms with Gasteiger partial charge in [0.25, 0.3) is 0 Å². The Morgan fingerprint density at radius 3 is 2.76 bits per heavy atom. The predicted molar refractivity (Wildman–Crippen MR) is 82.3 cm³/mol. The number of benzene rings is 1. The van der Waals surface area contributed by atoms with Gasteiger partial charge in [-0.05, 0) is 48.9 Å². The van der Waals surface area contributed by atoms with Crippen LogP contribution in [-0.4, -0.2) is 26.2 Å². The lowest BCUT2D eigenvalue weighted by molar-refractivity contribution is -0.127. The predicted octanol–water partition coefficient (Wildman–Crippen LogP) is 2.68. The fraction of sp³-hybridized carbons (Fsp3) is 0.588. The van der Waals surface area contributed by atoms with Crippen LogP contribution < -0.4 is 10.1 Å². The molecule has 1 aliphatic heterocycles. The Hall–Kier alpha value is -1.55. The van der Waals surface area contributed by atoms with Crippen LogP contribution in [0.25, 0.3) is 0 Å². The third-order valence-corrected chi connectivity index (χ3v) is 4.39. The van der Waals surface area contributed by atoms with Gasteiger partial charge >= 0.3 is 0 Å². The average Bonchev–Trinajstić information content (AvgIpc) is 2.53. The fourth-order valence-corrected chi connectivity index (χ4v) is 2.77. The first-order valence-electron chi connectivity index (χ1n) is 7.60. The molecule has 1 aromatic rings. The molecule has 1 unspecified atom stereocenters. The van der Waals surface area contributed by atoms with Crippen LogP contribution >= 0.6 is 0 Å². The molecule has 1 amide bonds. The SMILES string of the molecule is COc1ccc(CNC(=O)C(C)C2CCOCC2)c(C)c1. The van der Waals surface area contributed by atoms with E-state index in [1.807, 2.05) is 32.0 Å². The molecule has 116 valence electrons. The molecule has 0 saturated carbocycles. The third kappa shape index (κ3) is 4.21. The van der Waals surface area contributed by atoms with E-state index in [1.54, 1.807) is 7.11 Å². The Bertz CT molecular complexity index is 481. The zero-order valence-electron chi connectivity index (χ0n) is 13.1. The van der Waals surface area contributed by atoms with E-state index in [0.717, 1.165) is 42.9 Å². The molecule has 1 fully saturated rings. The number of hydrogen-bond donors (Lipinski definition) is 1. The Kier molecular flexibility index (Phi) is 5.62. The lowest BCUT2D eigenvalue weighted by Gasteiger charge is -2.27. The summed E-state index contributed by atoms with van der Waals surface area (Å²) in [4.78, 5) is 12.3. The number of amides is 1. The molecule has 21 heavy (non-hydrogen) atoms. The van der Waals surface area contributed by atoms with E-state index in [9.17, 15) is 4.79 Å². The monoisotopic (exact) mass is 291 g/mol. The molecule has 1 heterocycles. The highest BCUT2D eigenvalue weighted by atomic mass is 16.5. The molecule has 0 aliphatic carbocycles. The zero-order chi connectivity index (χ0) is 15.2. The first-order valence-corrected chi connectivity index (χ1v) is 7.60. The maximum atomic E-state index is 12.3. The van der Waals surface area contributed by atoms with E-state index in [0.29, 0.717) is 12.5 Å². The van der Waals surface area contributed by atoms with Crippen LogP contribution in [0.5, 0.6) is 5.75 Å². The first-order chi connectivity index (χ1) is 10.1. The molecule has 1 aromatic carbocycles. The van der Waals surface area contributed by atoms with E-state index in [1.165, 1.54) is 0 Å². The Morgan fingerprint density at radius 1 is 1.43 bits per heavy atom. The highest BCUT2D eigenvalue weighted by molar-refractivity contribution is 5.78. The van der Waals surface area contributed by atoms with Crippen LogP contribution in [0.2, 0.25) is 0 Å². The van der Waals surface area contributed by atoms with Crippen molar-refractivity contribution in [2.75, 3.05) is 20.3 Å². The molecular formula is C17H25NO3. The van der Waals surface area contributed by atoms with E-state index in [-0.39, 0.29) is 11.8 Å². The number of carbonyl (C=O) groups excluding carboxylic acids is 1. The topological polar surface area (TPSA) is 47.6 Å². The summed E-state index contributed by atoms with van der Waals surface area (Å²) in [6.07, 6.45) is 1.96. The quantitative estimate of drug-likeness (QED) is 0.907. The van der Waals surface area contributed by atoms with Gasteiger partial charge in [0.1, 0.15) is 5.75 Å². The standard InChI is InChI=1S/C17H25NO3/c1-12-10-16(20-3)5-4-15(12)11-18-17(19)13(2)14-6-8-21-9-7-14/h4-5,10,13-14H,6-9,11H2,1-3H3,(H,18,19). The fourth-order valence-electron chi connectivity index (χ4n) is 2.77. The van der Waals surface area contributed by atoms with E-state index < -0.39 is 0 Å². The molecule has 0 bridgehead atoms. The van der Waals surface area contributed by atoms with Gasteiger partial charge in [-0.15, -0.1) is 0 Å². The van der Waals surface area contributed by atoms with Crippen molar-refractivity contribution in [3.63, 3.8) is 0 Å². The minimum atomic E-state index is 0.0486. The maximum absolute atomic E-state index is 12.3. The van der Waals surface area contributed by atoms with Crippen molar-refractivity contribution >= 4 is 5.91 Å². The van der Waals surface area contributed by atoms with E-state index in [2.05, 4.69) is 5.32 Å². The molecule has 1 aliphatic rings. The lowest BCUT2D eigenvalue weighted by atomic mass is 9.87. The molecule has 4 nitrogen and oxygen atoms in total. The van der Waals surface area contributed by atoms with E-state index in [4.69, 9.17) is 9.47 Å². The maximum Gasteiger partial charge on any atom is 0.223 e. The van der Waals surface area contributed by atoms with Crippen LogP contribution in [-0.2, 0) is 16.1 Å².